The van der Waals surface area contributed by atoms with Gasteiger partial charge in [0.15, 0.2) is 5.75 Å². The van der Waals surface area contributed by atoms with Gasteiger partial charge in [-0.25, -0.2) is 4.98 Å². The first-order valence-electron chi connectivity index (χ1n) is 7.06. The Morgan fingerprint density at radius 1 is 1.27 bits per heavy atom. The number of methoxy groups -OCH3 is 1. The van der Waals surface area contributed by atoms with Crippen molar-refractivity contribution in [1.82, 2.24) is 4.98 Å². The lowest BCUT2D eigenvalue weighted by molar-refractivity contribution is 0.365. The highest BCUT2D eigenvalue weighted by Crippen LogP contribution is 2.37. The number of ether oxygens (including phenoxy) is 2. The molecule has 0 amide bonds. The molecule has 0 spiro atoms. The van der Waals surface area contributed by atoms with Crippen molar-refractivity contribution in [2.24, 2.45) is 0 Å². The van der Waals surface area contributed by atoms with Crippen LogP contribution in [0.3, 0.4) is 0 Å². The molecule has 0 fully saturated rings. The SMILES string of the molecule is CCc1cnc(Oc2ccc(C#N)cc2Cl)c(OC)c1CC. The van der Waals surface area contributed by atoms with Crippen molar-refractivity contribution >= 4 is 11.6 Å². The predicted octanol–water partition coefficient (Wildman–Crippen LogP) is 4.53. The van der Waals surface area contributed by atoms with Crippen molar-refractivity contribution in [3.05, 3.63) is 46.1 Å². The Labute approximate surface area is 135 Å². The third-order valence-electron chi connectivity index (χ3n) is 3.40. The Morgan fingerprint density at radius 2 is 2.05 bits per heavy atom. The molecule has 0 aliphatic heterocycles. The number of aromatic nitrogens is 1. The normalized spacial score (nSPS) is 10.1. The van der Waals surface area contributed by atoms with E-state index in [0.717, 1.165) is 24.0 Å². The maximum Gasteiger partial charge on any atom is 0.262 e. The Hall–Kier alpha value is -2.25. The van der Waals surface area contributed by atoms with Gasteiger partial charge in [0.2, 0.25) is 0 Å². The zero-order chi connectivity index (χ0) is 16.1. The van der Waals surface area contributed by atoms with Crippen LogP contribution < -0.4 is 9.47 Å². The van der Waals surface area contributed by atoms with Gasteiger partial charge in [0.25, 0.3) is 5.88 Å². The van der Waals surface area contributed by atoms with Gasteiger partial charge in [-0.3, -0.25) is 0 Å². The van der Waals surface area contributed by atoms with Crippen molar-refractivity contribution in [3.8, 4) is 23.4 Å². The van der Waals surface area contributed by atoms with E-state index in [9.17, 15) is 0 Å². The summed E-state index contributed by atoms with van der Waals surface area (Å²) >= 11 is 6.14. The molecule has 2 rings (SSSR count). The highest BCUT2D eigenvalue weighted by molar-refractivity contribution is 6.32. The number of aryl methyl sites for hydroxylation is 1. The van der Waals surface area contributed by atoms with Crippen LogP contribution in [-0.2, 0) is 12.8 Å². The van der Waals surface area contributed by atoms with Crippen molar-refractivity contribution < 1.29 is 9.47 Å². The summed E-state index contributed by atoms with van der Waals surface area (Å²) in [6.45, 7) is 4.14. The molecule has 0 N–H and O–H groups in total. The third-order valence-corrected chi connectivity index (χ3v) is 3.70. The minimum Gasteiger partial charge on any atom is -0.491 e. The maximum atomic E-state index is 8.87. The zero-order valence-corrected chi connectivity index (χ0v) is 13.6. The van der Waals surface area contributed by atoms with E-state index < -0.39 is 0 Å². The largest absolute Gasteiger partial charge is 0.491 e. The number of hydrogen-bond acceptors (Lipinski definition) is 4. The van der Waals surface area contributed by atoms with Crippen LogP contribution in [-0.4, -0.2) is 12.1 Å². The molecular weight excluding hydrogens is 300 g/mol. The highest BCUT2D eigenvalue weighted by Gasteiger charge is 2.16. The third kappa shape index (κ3) is 3.15. The van der Waals surface area contributed by atoms with Gasteiger partial charge < -0.3 is 9.47 Å². The molecule has 114 valence electrons. The average Bonchev–Trinajstić information content (AvgIpc) is 2.55. The molecule has 4 nitrogen and oxygen atoms in total. The van der Waals surface area contributed by atoms with E-state index in [1.54, 1.807) is 31.5 Å². The number of nitriles is 1. The molecule has 0 aliphatic rings. The minimum atomic E-state index is 0.362. The van der Waals surface area contributed by atoms with E-state index in [1.807, 2.05) is 6.07 Å². The molecule has 1 aromatic carbocycles. The van der Waals surface area contributed by atoms with Gasteiger partial charge in [-0.1, -0.05) is 25.4 Å². The molecule has 0 atom stereocenters. The standard InChI is InChI=1S/C17H17ClN2O2/c1-4-12-10-20-17(16(21-3)13(12)5-2)22-15-7-6-11(9-19)8-14(15)18/h6-8,10H,4-5H2,1-3H3. The maximum absolute atomic E-state index is 8.87. The molecule has 1 aromatic heterocycles. The second-order valence-electron chi connectivity index (χ2n) is 4.67. The van der Waals surface area contributed by atoms with E-state index in [4.69, 9.17) is 26.3 Å². The first-order valence-corrected chi connectivity index (χ1v) is 7.44. The van der Waals surface area contributed by atoms with Crippen molar-refractivity contribution in [2.75, 3.05) is 7.11 Å². The average molecular weight is 317 g/mol. The molecule has 5 heteroatoms. The van der Waals surface area contributed by atoms with Gasteiger partial charge in [0, 0.05) is 11.8 Å². The molecule has 22 heavy (non-hydrogen) atoms. The lowest BCUT2D eigenvalue weighted by atomic mass is 10.0. The van der Waals surface area contributed by atoms with Crippen LogP contribution in [0.1, 0.15) is 30.5 Å². The van der Waals surface area contributed by atoms with Gasteiger partial charge in [0.1, 0.15) is 5.75 Å². The Morgan fingerprint density at radius 3 is 2.59 bits per heavy atom. The zero-order valence-electron chi connectivity index (χ0n) is 12.8. The fraction of sp³-hybridized carbons (Fsp3) is 0.294. The van der Waals surface area contributed by atoms with Crippen LogP contribution in [0.4, 0.5) is 0 Å². The summed E-state index contributed by atoms with van der Waals surface area (Å²) in [7, 11) is 1.60. The first kappa shape index (κ1) is 16.1. The van der Waals surface area contributed by atoms with Gasteiger partial charge in [-0.05, 0) is 36.6 Å². The Balaban J connectivity index is 2.44. The molecule has 2 aromatic rings. The molecule has 0 bridgehead atoms. The molecule has 1 heterocycles. The minimum absolute atomic E-state index is 0.362. The Bertz CT molecular complexity index is 723. The second-order valence-corrected chi connectivity index (χ2v) is 5.07. The fourth-order valence-corrected chi connectivity index (χ4v) is 2.50. The van der Waals surface area contributed by atoms with Crippen molar-refractivity contribution in [1.29, 1.82) is 5.26 Å². The molecule has 0 aliphatic carbocycles. The van der Waals surface area contributed by atoms with Crippen LogP contribution in [0.25, 0.3) is 0 Å². The lowest BCUT2D eigenvalue weighted by Gasteiger charge is -2.15. The summed E-state index contributed by atoms with van der Waals surface area (Å²) in [4.78, 5) is 4.34. The van der Waals surface area contributed by atoms with Crippen LogP contribution in [0.2, 0.25) is 5.02 Å². The smallest absolute Gasteiger partial charge is 0.262 e. The summed E-state index contributed by atoms with van der Waals surface area (Å²) in [5.74, 6) is 1.45. The molecule has 0 saturated carbocycles. The van der Waals surface area contributed by atoms with Gasteiger partial charge in [-0.2, -0.15) is 5.26 Å². The van der Waals surface area contributed by atoms with Crippen molar-refractivity contribution in [3.63, 3.8) is 0 Å². The number of benzene rings is 1. The van der Waals surface area contributed by atoms with Gasteiger partial charge in [0.05, 0.1) is 23.8 Å². The summed E-state index contributed by atoms with van der Waals surface area (Å²) in [5.41, 5.74) is 2.70. The summed E-state index contributed by atoms with van der Waals surface area (Å²) in [5, 5.41) is 9.23. The topological polar surface area (TPSA) is 55.1 Å². The number of rotatable bonds is 5. The van der Waals surface area contributed by atoms with E-state index in [2.05, 4.69) is 18.8 Å². The van der Waals surface area contributed by atoms with E-state index in [0.29, 0.717) is 28.0 Å². The number of nitrogens with zero attached hydrogens (tertiary/aromatic N) is 2. The summed E-state index contributed by atoms with van der Waals surface area (Å²) in [6, 6.07) is 6.90. The first-order chi connectivity index (χ1) is 10.6. The van der Waals surface area contributed by atoms with E-state index >= 15 is 0 Å². The molecular formula is C17H17ClN2O2. The van der Waals surface area contributed by atoms with Gasteiger partial charge >= 0.3 is 0 Å². The van der Waals surface area contributed by atoms with Crippen LogP contribution >= 0.6 is 11.6 Å². The summed E-state index contributed by atoms with van der Waals surface area (Å²) < 4.78 is 11.3. The Kier molecular flexibility index (Phi) is 5.24. The molecule has 0 saturated heterocycles. The molecule has 0 unspecified atom stereocenters. The van der Waals surface area contributed by atoms with Crippen LogP contribution in [0.5, 0.6) is 17.4 Å². The number of halogens is 1. The molecule has 0 radical (unpaired) electrons. The van der Waals surface area contributed by atoms with Crippen LogP contribution in [0, 0.1) is 11.3 Å². The number of hydrogen-bond donors (Lipinski definition) is 0. The van der Waals surface area contributed by atoms with Crippen molar-refractivity contribution in [2.45, 2.75) is 26.7 Å². The van der Waals surface area contributed by atoms with E-state index in [1.165, 1.54) is 0 Å². The van der Waals surface area contributed by atoms with Gasteiger partial charge in [-0.15, -0.1) is 0 Å². The fourth-order valence-electron chi connectivity index (χ4n) is 2.28. The monoisotopic (exact) mass is 316 g/mol. The number of pyridine rings is 1. The lowest BCUT2D eigenvalue weighted by Crippen LogP contribution is -2.02. The van der Waals surface area contributed by atoms with Crippen LogP contribution in [0.15, 0.2) is 24.4 Å². The predicted molar refractivity (Wildman–Crippen MR) is 85.8 cm³/mol. The summed E-state index contributed by atoms with van der Waals surface area (Å²) in [6.07, 6.45) is 3.50. The second kappa shape index (κ2) is 7.15. The highest BCUT2D eigenvalue weighted by atomic mass is 35.5. The van der Waals surface area contributed by atoms with E-state index in [-0.39, 0.29) is 0 Å². The quantitative estimate of drug-likeness (QED) is 0.813.